The van der Waals surface area contributed by atoms with Crippen LogP contribution < -0.4 is 11.1 Å². The Bertz CT molecular complexity index is 269. The second-order valence-corrected chi connectivity index (χ2v) is 5.80. The first-order chi connectivity index (χ1) is 8.15. The molecular formula is C13H24N2O2. The highest BCUT2D eigenvalue weighted by Gasteiger charge is 2.42. The standard InChI is InChI=1S/C13H24N2O2/c14-11-3-1-10(2-4-11)12(17)15-9-13(5-6-13)7-8-16/h10-11,16H,1-9,14H2,(H,15,17). The monoisotopic (exact) mass is 240 g/mol. The molecule has 0 unspecified atom stereocenters. The number of hydrogen-bond acceptors (Lipinski definition) is 3. The number of carbonyl (C=O) groups is 1. The molecule has 2 aliphatic rings. The van der Waals surface area contributed by atoms with Gasteiger partial charge in [0.15, 0.2) is 0 Å². The number of nitrogens with two attached hydrogens (primary N) is 1. The lowest BCUT2D eigenvalue weighted by Gasteiger charge is -2.26. The van der Waals surface area contributed by atoms with Gasteiger partial charge in [-0.2, -0.15) is 0 Å². The topological polar surface area (TPSA) is 75.4 Å². The molecule has 0 atom stereocenters. The van der Waals surface area contributed by atoms with E-state index in [2.05, 4.69) is 5.32 Å². The lowest BCUT2D eigenvalue weighted by atomic mass is 9.86. The largest absolute Gasteiger partial charge is 0.396 e. The van der Waals surface area contributed by atoms with Crippen molar-refractivity contribution in [3.63, 3.8) is 0 Å². The lowest BCUT2D eigenvalue weighted by Crippen LogP contribution is -2.38. The van der Waals surface area contributed by atoms with Gasteiger partial charge in [0.05, 0.1) is 0 Å². The van der Waals surface area contributed by atoms with Crippen LogP contribution >= 0.6 is 0 Å². The predicted molar refractivity (Wildman–Crippen MR) is 66.3 cm³/mol. The first kappa shape index (κ1) is 12.8. The van der Waals surface area contributed by atoms with Crippen LogP contribution in [0.5, 0.6) is 0 Å². The molecule has 0 spiro atoms. The minimum absolute atomic E-state index is 0.166. The van der Waals surface area contributed by atoms with Gasteiger partial charge in [-0.3, -0.25) is 4.79 Å². The van der Waals surface area contributed by atoms with E-state index in [0.717, 1.165) is 51.5 Å². The average molecular weight is 240 g/mol. The molecule has 0 aromatic heterocycles. The van der Waals surface area contributed by atoms with E-state index in [0.29, 0.717) is 6.04 Å². The number of nitrogens with one attached hydrogen (secondary N) is 1. The van der Waals surface area contributed by atoms with Gasteiger partial charge in [0.1, 0.15) is 0 Å². The second kappa shape index (κ2) is 5.36. The fourth-order valence-corrected chi connectivity index (χ4v) is 2.73. The molecule has 4 nitrogen and oxygen atoms in total. The van der Waals surface area contributed by atoms with Crippen LogP contribution in [0.15, 0.2) is 0 Å². The summed E-state index contributed by atoms with van der Waals surface area (Å²) in [5.41, 5.74) is 6.05. The molecule has 0 radical (unpaired) electrons. The summed E-state index contributed by atoms with van der Waals surface area (Å²) in [7, 11) is 0. The zero-order valence-electron chi connectivity index (χ0n) is 10.5. The maximum atomic E-state index is 12.0. The van der Waals surface area contributed by atoms with Crippen molar-refractivity contribution in [2.24, 2.45) is 17.1 Å². The number of carbonyl (C=O) groups excluding carboxylic acids is 1. The van der Waals surface area contributed by atoms with Gasteiger partial charge in [0.2, 0.25) is 5.91 Å². The third-order valence-electron chi connectivity index (χ3n) is 4.38. The highest BCUT2D eigenvalue weighted by atomic mass is 16.3. The molecule has 0 aromatic carbocycles. The summed E-state index contributed by atoms with van der Waals surface area (Å²) in [5.74, 6) is 0.362. The Morgan fingerprint density at radius 1 is 1.29 bits per heavy atom. The maximum absolute atomic E-state index is 12.0. The minimum Gasteiger partial charge on any atom is -0.396 e. The molecule has 2 fully saturated rings. The number of aliphatic hydroxyl groups excluding tert-OH is 1. The van der Waals surface area contributed by atoms with Crippen molar-refractivity contribution in [3.05, 3.63) is 0 Å². The van der Waals surface area contributed by atoms with Crippen LogP contribution in [-0.2, 0) is 4.79 Å². The van der Waals surface area contributed by atoms with Crippen molar-refractivity contribution < 1.29 is 9.90 Å². The summed E-state index contributed by atoms with van der Waals surface area (Å²) in [6.45, 7) is 0.975. The molecule has 98 valence electrons. The van der Waals surface area contributed by atoms with E-state index in [9.17, 15) is 4.79 Å². The van der Waals surface area contributed by atoms with Gasteiger partial charge in [-0.05, 0) is 50.4 Å². The summed E-state index contributed by atoms with van der Waals surface area (Å²) < 4.78 is 0. The molecule has 0 aromatic rings. The molecule has 0 aliphatic heterocycles. The Balaban J connectivity index is 1.70. The minimum atomic E-state index is 0.166. The molecule has 0 bridgehead atoms. The summed E-state index contributed by atoms with van der Waals surface area (Å²) in [6.07, 6.45) is 6.91. The lowest BCUT2D eigenvalue weighted by molar-refractivity contribution is -0.126. The molecule has 4 heteroatoms. The van der Waals surface area contributed by atoms with Crippen molar-refractivity contribution in [2.75, 3.05) is 13.2 Å². The Hall–Kier alpha value is -0.610. The molecule has 0 heterocycles. The highest BCUT2D eigenvalue weighted by molar-refractivity contribution is 5.78. The van der Waals surface area contributed by atoms with Crippen LogP contribution in [0.1, 0.15) is 44.9 Å². The number of rotatable bonds is 5. The molecule has 2 rings (SSSR count). The molecule has 4 N–H and O–H groups in total. The van der Waals surface area contributed by atoms with E-state index in [1.807, 2.05) is 0 Å². The Morgan fingerprint density at radius 3 is 2.47 bits per heavy atom. The first-order valence-electron chi connectivity index (χ1n) is 6.79. The molecule has 2 aliphatic carbocycles. The van der Waals surface area contributed by atoms with Crippen LogP contribution in [-0.4, -0.2) is 30.2 Å². The van der Waals surface area contributed by atoms with Gasteiger partial charge in [0.25, 0.3) is 0 Å². The molecule has 1 amide bonds. The van der Waals surface area contributed by atoms with Gasteiger partial charge in [0, 0.05) is 25.1 Å². The van der Waals surface area contributed by atoms with Crippen molar-refractivity contribution in [1.29, 1.82) is 0 Å². The van der Waals surface area contributed by atoms with E-state index < -0.39 is 0 Å². The van der Waals surface area contributed by atoms with Gasteiger partial charge < -0.3 is 16.2 Å². The zero-order valence-corrected chi connectivity index (χ0v) is 10.5. The number of amides is 1. The van der Waals surface area contributed by atoms with Crippen molar-refractivity contribution in [1.82, 2.24) is 5.32 Å². The Labute approximate surface area is 103 Å². The van der Waals surface area contributed by atoms with Gasteiger partial charge in [-0.1, -0.05) is 0 Å². The quantitative estimate of drug-likeness (QED) is 0.665. The predicted octanol–water partition coefficient (Wildman–Crippen LogP) is 0.783. The normalized spacial score (nSPS) is 30.9. The van der Waals surface area contributed by atoms with Crippen LogP contribution in [0.4, 0.5) is 0 Å². The van der Waals surface area contributed by atoms with Crippen LogP contribution in [0.25, 0.3) is 0 Å². The second-order valence-electron chi connectivity index (χ2n) is 5.80. The molecule has 2 saturated carbocycles. The molecular weight excluding hydrogens is 216 g/mol. The first-order valence-corrected chi connectivity index (χ1v) is 6.79. The summed E-state index contributed by atoms with van der Waals surface area (Å²) in [4.78, 5) is 12.0. The Kier molecular flexibility index (Phi) is 4.05. The van der Waals surface area contributed by atoms with E-state index in [1.54, 1.807) is 0 Å². The van der Waals surface area contributed by atoms with E-state index >= 15 is 0 Å². The van der Waals surface area contributed by atoms with Crippen LogP contribution in [0.2, 0.25) is 0 Å². The number of hydrogen-bond donors (Lipinski definition) is 3. The van der Waals surface area contributed by atoms with Gasteiger partial charge >= 0.3 is 0 Å². The van der Waals surface area contributed by atoms with E-state index in [1.165, 1.54) is 0 Å². The van der Waals surface area contributed by atoms with Crippen molar-refractivity contribution >= 4 is 5.91 Å². The zero-order chi connectivity index (χ0) is 12.3. The van der Waals surface area contributed by atoms with Crippen LogP contribution in [0, 0.1) is 11.3 Å². The SMILES string of the molecule is NC1CCC(C(=O)NCC2(CCO)CC2)CC1. The summed E-state index contributed by atoms with van der Waals surface area (Å²) in [5, 5.41) is 12.0. The third-order valence-corrected chi connectivity index (χ3v) is 4.38. The van der Waals surface area contributed by atoms with Gasteiger partial charge in [-0.25, -0.2) is 0 Å². The highest BCUT2D eigenvalue weighted by Crippen LogP contribution is 2.47. The smallest absolute Gasteiger partial charge is 0.223 e. The molecule has 17 heavy (non-hydrogen) atoms. The summed E-state index contributed by atoms with van der Waals surface area (Å²) in [6, 6.07) is 0.295. The van der Waals surface area contributed by atoms with Crippen molar-refractivity contribution in [3.8, 4) is 0 Å². The maximum Gasteiger partial charge on any atom is 0.223 e. The van der Waals surface area contributed by atoms with Gasteiger partial charge in [-0.15, -0.1) is 0 Å². The van der Waals surface area contributed by atoms with Crippen molar-refractivity contribution in [2.45, 2.75) is 51.0 Å². The summed E-state index contributed by atoms with van der Waals surface area (Å²) >= 11 is 0. The van der Waals surface area contributed by atoms with E-state index in [4.69, 9.17) is 10.8 Å². The average Bonchev–Trinajstić information content (AvgIpc) is 3.08. The fraction of sp³-hybridized carbons (Fsp3) is 0.923. The third kappa shape index (κ3) is 3.42. The van der Waals surface area contributed by atoms with E-state index in [-0.39, 0.29) is 23.8 Å². The fourth-order valence-electron chi connectivity index (χ4n) is 2.73. The number of aliphatic hydroxyl groups is 1. The Morgan fingerprint density at radius 2 is 1.94 bits per heavy atom. The molecule has 0 saturated heterocycles. The van der Waals surface area contributed by atoms with Crippen LogP contribution in [0.3, 0.4) is 0 Å².